The smallest absolute Gasteiger partial charge is 0.308 e. The third kappa shape index (κ3) is 3.67. The van der Waals surface area contributed by atoms with E-state index < -0.39 is 22.7 Å². The van der Waals surface area contributed by atoms with Crippen LogP contribution in [0.5, 0.6) is 0 Å². The van der Waals surface area contributed by atoms with Gasteiger partial charge < -0.3 is 20.1 Å². The van der Waals surface area contributed by atoms with Crippen LogP contribution >= 0.6 is 0 Å². The summed E-state index contributed by atoms with van der Waals surface area (Å²) in [5.41, 5.74) is 0.733. The first-order chi connectivity index (χ1) is 12.5. The van der Waals surface area contributed by atoms with Gasteiger partial charge >= 0.3 is 5.97 Å². The van der Waals surface area contributed by atoms with E-state index in [9.17, 15) is 24.8 Å². The number of amides is 1. The summed E-state index contributed by atoms with van der Waals surface area (Å²) in [5.74, 6) is -2.16. The number of hydrogen-bond donors (Lipinski definition) is 3. The molecule has 9 heteroatoms. The van der Waals surface area contributed by atoms with Crippen LogP contribution in [0.15, 0.2) is 24.4 Å². The SMILES string of the molecule is O=C(NCC(C(=O)O)C1CCOCC1)c1c[nH]c2ccc([N+](=O)[O-])cc12. The number of fused-ring (bicyclic) bond motifs is 1. The Morgan fingerprint density at radius 3 is 2.77 bits per heavy atom. The Morgan fingerprint density at radius 2 is 2.12 bits per heavy atom. The Labute approximate surface area is 148 Å². The lowest BCUT2D eigenvalue weighted by atomic mass is 9.86. The van der Waals surface area contributed by atoms with Gasteiger partial charge in [0.1, 0.15) is 0 Å². The van der Waals surface area contributed by atoms with Gasteiger partial charge in [-0.1, -0.05) is 0 Å². The summed E-state index contributed by atoms with van der Waals surface area (Å²) in [5, 5.41) is 23.5. The summed E-state index contributed by atoms with van der Waals surface area (Å²) in [6, 6.07) is 4.21. The van der Waals surface area contributed by atoms with Crippen molar-refractivity contribution in [1.29, 1.82) is 0 Å². The standard InChI is InChI=1S/C17H19N3O6/c21-16(19-8-13(17(22)23)10-3-5-26-6-4-10)14-9-18-15-2-1-11(20(24)25)7-12(14)15/h1-2,7,9-10,13,18H,3-6,8H2,(H,19,21)(H,22,23). The molecule has 9 nitrogen and oxygen atoms in total. The van der Waals surface area contributed by atoms with Gasteiger partial charge in [0.05, 0.1) is 16.4 Å². The number of benzene rings is 1. The van der Waals surface area contributed by atoms with Crippen molar-refractivity contribution in [1.82, 2.24) is 10.3 Å². The van der Waals surface area contributed by atoms with Gasteiger partial charge in [0.15, 0.2) is 0 Å². The molecular weight excluding hydrogens is 342 g/mol. The summed E-state index contributed by atoms with van der Waals surface area (Å²) in [7, 11) is 0. The zero-order chi connectivity index (χ0) is 18.7. The highest BCUT2D eigenvalue weighted by molar-refractivity contribution is 6.07. The number of rotatable bonds is 6. The second kappa shape index (κ2) is 7.52. The van der Waals surface area contributed by atoms with Crippen molar-refractivity contribution in [3.63, 3.8) is 0 Å². The van der Waals surface area contributed by atoms with E-state index >= 15 is 0 Å². The van der Waals surface area contributed by atoms with Crippen LogP contribution in [-0.4, -0.2) is 46.6 Å². The quantitative estimate of drug-likeness (QED) is 0.531. The van der Waals surface area contributed by atoms with Crippen molar-refractivity contribution in [2.75, 3.05) is 19.8 Å². The Kier molecular flexibility index (Phi) is 5.17. The number of aromatic nitrogens is 1. The number of ether oxygens (including phenoxy) is 1. The van der Waals surface area contributed by atoms with E-state index in [0.717, 1.165) is 0 Å². The van der Waals surface area contributed by atoms with Gasteiger partial charge in [-0.2, -0.15) is 0 Å². The van der Waals surface area contributed by atoms with Crippen LogP contribution < -0.4 is 5.32 Å². The Bertz CT molecular complexity index is 840. The van der Waals surface area contributed by atoms with E-state index in [4.69, 9.17) is 4.74 Å². The molecule has 1 fully saturated rings. The minimum Gasteiger partial charge on any atom is -0.481 e. The van der Waals surface area contributed by atoms with E-state index in [1.54, 1.807) is 0 Å². The molecule has 2 aromatic rings. The highest BCUT2D eigenvalue weighted by atomic mass is 16.6. The van der Waals surface area contributed by atoms with E-state index in [1.807, 2.05) is 0 Å². The number of nitrogens with zero attached hydrogens (tertiary/aromatic N) is 1. The molecule has 1 saturated heterocycles. The maximum absolute atomic E-state index is 12.5. The van der Waals surface area contributed by atoms with Gasteiger partial charge in [0.25, 0.3) is 11.6 Å². The second-order valence-electron chi connectivity index (χ2n) is 6.29. The number of H-pyrrole nitrogens is 1. The number of carboxylic acid groups (broad SMARTS) is 1. The Morgan fingerprint density at radius 1 is 1.38 bits per heavy atom. The highest BCUT2D eigenvalue weighted by Crippen LogP contribution is 2.25. The lowest BCUT2D eigenvalue weighted by molar-refractivity contribution is -0.384. The number of carbonyl (C=O) groups excluding carboxylic acids is 1. The number of carboxylic acids is 1. The minimum atomic E-state index is -0.952. The molecule has 0 spiro atoms. The maximum Gasteiger partial charge on any atom is 0.308 e. The fourth-order valence-corrected chi connectivity index (χ4v) is 3.28. The lowest BCUT2D eigenvalue weighted by Gasteiger charge is -2.27. The number of nitro benzene ring substituents is 1. The van der Waals surface area contributed by atoms with E-state index in [0.29, 0.717) is 37.0 Å². The van der Waals surface area contributed by atoms with Crippen LogP contribution in [0, 0.1) is 22.0 Å². The van der Waals surface area contributed by atoms with Crippen molar-refractivity contribution < 1.29 is 24.4 Å². The summed E-state index contributed by atoms with van der Waals surface area (Å²) in [6.45, 7) is 1.05. The van der Waals surface area contributed by atoms with Gasteiger partial charge in [-0.25, -0.2) is 0 Å². The van der Waals surface area contributed by atoms with Crippen LogP contribution in [0.4, 0.5) is 5.69 Å². The van der Waals surface area contributed by atoms with Crippen LogP contribution in [-0.2, 0) is 9.53 Å². The zero-order valence-electron chi connectivity index (χ0n) is 13.9. The summed E-state index contributed by atoms with van der Waals surface area (Å²) >= 11 is 0. The normalized spacial score (nSPS) is 16.3. The molecule has 1 aliphatic heterocycles. The van der Waals surface area contributed by atoms with Crippen LogP contribution in [0.3, 0.4) is 0 Å². The minimum absolute atomic E-state index is 0.000430. The number of aromatic amines is 1. The molecule has 1 amide bonds. The average Bonchev–Trinajstić information content (AvgIpc) is 3.05. The van der Waals surface area contributed by atoms with Gasteiger partial charge in [-0.15, -0.1) is 0 Å². The van der Waals surface area contributed by atoms with Gasteiger partial charge in [0.2, 0.25) is 0 Å². The molecule has 1 unspecified atom stereocenters. The molecule has 0 saturated carbocycles. The summed E-state index contributed by atoms with van der Waals surface area (Å²) in [4.78, 5) is 37.3. The van der Waals surface area contributed by atoms with Crippen LogP contribution in [0.1, 0.15) is 23.2 Å². The first-order valence-corrected chi connectivity index (χ1v) is 8.31. The number of aliphatic carboxylic acids is 1. The van der Waals surface area contributed by atoms with Crippen LogP contribution in [0.2, 0.25) is 0 Å². The van der Waals surface area contributed by atoms with Crippen molar-refractivity contribution >= 4 is 28.5 Å². The molecule has 0 radical (unpaired) electrons. The van der Waals surface area contributed by atoms with E-state index in [-0.39, 0.29) is 23.7 Å². The topological polar surface area (TPSA) is 135 Å². The number of nitro groups is 1. The third-order valence-corrected chi connectivity index (χ3v) is 4.76. The van der Waals surface area contributed by atoms with Gasteiger partial charge in [-0.3, -0.25) is 19.7 Å². The number of hydrogen-bond acceptors (Lipinski definition) is 5. The molecule has 138 valence electrons. The van der Waals surface area contributed by atoms with E-state index in [1.165, 1.54) is 24.4 Å². The third-order valence-electron chi connectivity index (χ3n) is 4.76. The first-order valence-electron chi connectivity index (χ1n) is 8.31. The molecule has 0 aliphatic carbocycles. The maximum atomic E-state index is 12.5. The summed E-state index contributed by atoms with van der Waals surface area (Å²) < 4.78 is 5.25. The molecule has 3 N–H and O–H groups in total. The Balaban J connectivity index is 1.74. The summed E-state index contributed by atoms with van der Waals surface area (Å²) in [6.07, 6.45) is 2.76. The molecule has 1 atom stereocenters. The number of non-ortho nitro benzene ring substituents is 1. The molecule has 0 bridgehead atoms. The van der Waals surface area contributed by atoms with Crippen molar-refractivity contribution in [3.8, 4) is 0 Å². The lowest BCUT2D eigenvalue weighted by Crippen LogP contribution is -2.38. The number of nitrogens with one attached hydrogen (secondary N) is 2. The van der Waals surface area contributed by atoms with Gasteiger partial charge in [-0.05, 0) is 24.8 Å². The molecule has 1 aromatic carbocycles. The molecule has 2 heterocycles. The van der Waals surface area contributed by atoms with Crippen LogP contribution in [0.25, 0.3) is 10.9 Å². The predicted molar refractivity (Wildman–Crippen MR) is 92.0 cm³/mol. The average molecular weight is 361 g/mol. The van der Waals surface area contributed by atoms with Gasteiger partial charge in [0, 0.05) is 49.0 Å². The Hall–Kier alpha value is -2.94. The fourth-order valence-electron chi connectivity index (χ4n) is 3.28. The molecule has 3 rings (SSSR count). The van der Waals surface area contributed by atoms with Crippen molar-refractivity contribution in [2.24, 2.45) is 11.8 Å². The second-order valence-corrected chi connectivity index (χ2v) is 6.29. The molecule has 1 aliphatic rings. The largest absolute Gasteiger partial charge is 0.481 e. The van der Waals surface area contributed by atoms with Crippen molar-refractivity contribution in [2.45, 2.75) is 12.8 Å². The number of carbonyl (C=O) groups is 2. The zero-order valence-corrected chi connectivity index (χ0v) is 13.9. The first kappa shape index (κ1) is 17.9. The monoisotopic (exact) mass is 361 g/mol. The van der Waals surface area contributed by atoms with Crippen molar-refractivity contribution in [3.05, 3.63) is 40.1 Å². The van der Waals surface area contributed by atoms with E-state index in [2.05, 4.69) is 10.3 Å². The molecule has 1 aromatic heterocycles. The molecular formula is C17H19N3O6. The fraction of sp³-hybridized carbons (Fsp3) is 0.412. The molecule has 26 heavy (non-hydrogen) atoms. The predicted octanol–water partition coefficient (Wildman–Crippen LogP) is 1.93. The highest BCUT2D eigenvalue weighted by Gasteiger charge is 2.30.